The summed E-state index contributed by atoms with van der Waals surface area (Å²) in [5.41, 5.74) is 2.35. The van der Waals surface area contributed by atoms with Crippen molar-refractivity contribution in [2.24, 2.45) is 0 Å². The first-order valence-corrected chi connectivity index (χ1v) is 9.58. The molecular formula is C21H25ClN2O3. The summed E-state index contributed by atoms with van der Waals surface area (Å²) in [5, 5.41) is 3.95. The molecule has 0 unspecified atom stereocenters. The van der Waals surface area contributed by atoms with Crippen LogP contribution >= 0.6 is 11.6 Å². The average molecular weight is 389 g/mol. The molecule has 1 aliphatic heterocycles. The number of amides is 1. The minimum Gasteiger partial charge on any atom is -0.491 e. The molecule has 0 aromatic heterocycles. The van der Waals surface area contributed by atoms with E-state index in [0.29, 0.717) is 28.7 Å². The Kier molecular flexibility index (Phi) is 5.80. The molecule has 1 aliphatic rings. The number of nitrogens with one attached hydrogen (secondary N) is 1. The molecule has 0 saturated heterocycles. The second-order valence-electron chi connectivity index (χ2n) is 6.53. The molecule has 6 heteroatoms. The Morgan fingerprint density at radius 1 is 1.26 bits per heavy atom. The molecule has 1 amide bonds. The lowest BCUT2D eigenvalue weighted by atomic mass is 10.0. The number of carbonyl (C=O) groups is 1. The molecule has 0 radical (unpaired) electrons. The SMILES string of the molecule is CCOc1cc([C@@H]2Nc3ccccc3C(=O)N2[C@@H](C)CC)cc(Cl)c1OC. The maximum absolute atomic E-state index is 13.2. The number of anilines is 1. The second-order valence-corrected chi connectivity index (χ2v) is 6.94. The van der Waals surface area contributed by atoms with E-state index in [2.05, 4.69) is 19.2 Å². The zero-order valence-corrected chi connectivity index (χ0v) is 16.8. The van der Waals surface area contributed by atoms with E-state index < -0.39 is 0 Å². The van der Waals surface area contributed by atoms with Crippen molar-refractivity contribution in [2.75, 3.05) is 19.0 Å². The quantitative estimate of drug-likeness (QED) is 0.746. The molecule has 3 rings (SSSR count). The van der Waals surface area contributed by atoms with Gasteiger partial charge in [-0.15, -0.1) is 0 Å². The largest absolute Gasteiger partial charge is 0.491 e. The summed E-state index contributed by atoms with van der Waals surface area (Å²) in [6.45, 7) is 6.52. The van der Waals surface area contributed by atoms with Gasteiger partial charge in [0.05, 0.1) is 24.3 Å². The van der Waals surface area contributed by atoms with Gasteiger partial charge in [-0.3, -0.25) is 4.79 Å². The van der Waals surface area contributed by atoms with Crippen molar-refractivity contribution in [2.45, 2.75) is 39.4 Å². The topological polar surface area (TPSA) is 50.8 Å². The Hall–Kier alpha value is -2.40. The summed E-state index contributed by atoms with van der Waals surface area (Å²) >= 11 is 6.45. The highest BCUT2D eigenvalue weighted by Gasteiger charge is 2.36. The first-order valence-electron chi connectivity index (χ1n) is 9.20. The van der Waals surface area contributed by atoms with Crippen molar-refractivity contribution in [3.05, 3.63) is 52.5 Å². The third kappa shape index (κ3) is 3.56. The summed E-state index contributed by atoms with van der Waals surface area (Å²) in [6.07, 6.45) is 0.499. The van der Waals surface area contributed by atoms with Crippen molar-refractivity contribution in [1.82, 2.24) is 4.90 Å². The van der Waals surface area contributed by atoms with Gasteiger partial charge in [0.1, 0.15) is 6.17 Å². The van der Waals surface area contributed by atoms with Gasteiger partial charge in [0.15, 0.2) is 11.5 Å². The molecule has 1 N–H and O–H groups in total. The number of halogens is 1. The third-order valence-electron chi connectivity index (χ3n) is 4.88. The fraction of sp³-hybridized carbons (Fsp3) is 0.381. The van der Waals surface area contributed by atoms with Gasteiger partial charge in [-0.05, 0) is 44.5 Å². The Balaban J connectivity index is 2.12. The molecule has 2 aromatic carbocycles. The van der Waals surface area contributed by atoms with Crippen molar-refractivity contribution in [3.8, 4) is 11.5 Å². The van der Waals surface area contributed by atoms with Crippen LogP contribution in [0.3, 0.4) is 0 Å². The van der Waals surface area contributed by atoms with Gasteiger partial charge in [-0.2, -0.15) is 0 Å². The van der Waals surface area contributed by atoms with Gasteiger partial charge < -0.3 is 19.7 Å². The van der Waals surface area contributed by atoms with Gasteiger partial charge in [-0.1, -0.05) is 30.7 Å². The Labute approximate surface area is 165 Å². The van der Waals surface area contributed by atoms with Crippen LogP contribution in [-0.2, 0) is 0 Å². The first-order chi connectivity index (χ1) is 13.0. The zero-order chi connectivity index (χ0) is 19.6. The summed E-state index contributed by atoms with van der Waals surface area (Å²) in [5.74, 6) is 1.08. The highest BCUT2D eigenvalue weighted by atomic mass is 35.5. The normalized spacial score (nSPS) is 17.1. The molecule has 0 bridgehead atoms. The molecule has 27 heavy (non-hydrogen) atoms. The van der Waals surface area contributed by atoms with Crippen molar-refractivity contribution in [3.63, 3.8) is 0 Å². The molecule has 0 fully saturated rings. The molecule has 2 atom stereocenters. The van der Waals surface area contributed by atoms with Crippen LogP contribution in [0.25, 0.3) is 0 Å². The monoisotopic (exact) mass is 388 g/mol. The predicted molar refractivity (Wildman–Crippen MR) is 108 cm³/mol. The maximum atomic E-state index is 13.2. The van der Waals surface area contributed by atoms with Crippen LogP contribution in [0.4, 0.5) is 5.69 Å². The lowest BCUT2D eigenvalue weighted by Gasteiger charge is -2.41. The van der Waals surface area contributed by atoms with Gasteiger partial charge in [0.25, 0.3) is 5.91 Å². The molecule has 144 valence electrons. The van der Waals surface area contributed by atoms with Crippen molar-refractivity contribution in [1.29, 1.82) is 0 Å². The average Bonchev–Trinajstić information content (AvgIpc) is 2.67. The van der Waals surface area contributed by atoms with Crippen LogP contribution in [0.15, 0.2) is 36.4 Å². The van der Waals surface area contributed by atoms with Gasteiger partial charge in [-0.25, -0.2) is 0 Å². The summed E-state index contributed by atoms with van der Waals surface area (Å²) in [4.78, 5) is 15.1. The van der Waals surface area contributed by atoms with E-state index in [4.69, 9.17) is 21.1 Å². The number of ether oxygens (including phenoxy) is 2. The molecule has 0 saturated carbocycles. The Bertz CT molecular complexity index is 840. The molecular weight excluding hydrogens is 364 g/mol. The van der Waals surface area contributed by atoms with E-state index in [9.17, 15) is 4.79 Å². The number of hydrogen-bond acceptors (Lipinski definition) is 4. The van der Waals surface area contributed by atoms with Crippen LogP contribution in [0.1, 0.15) is 49.3 Å². The highest BCUT2D eigenvalue weighted by molar-refractivity contribution is 6.32. The van der Waals surface area contributed by atoms with Crippen LogP contribution in [-0.4, -0.2) is 30.6 Å². The predicted octanol–water partition coefficient (Wildman–Crippen LogP) is 5.11. The number of rotatable bonds is 6. The van der Waals surface area contributed by atoms with Crippen molar-refractivity contribution < 1.29 is 14.3 Å². The van der Waals surface area contributed by atoms with E-state index in [1.54, 1.807) is 7.11 Å². The number of benzene rings is 2. The van der Waals surface area contributed by atoms with Crippen LogP contribution in [0, 0.1) is 0 Å². The fourth-order valence-corrected chi connectivity index (χ4v) is 3.67. The lowest BCUT2D eigenvalue weighted by molar-refractivity contribution is 0.0593. The zero-order valence-electron chi connectivity index (χ0n) is 16.1. The standard InChI is InChI=1S/C21H25ClN2O3/c1-5-13(3)24-20(23-17-10-8-7-9-15(17)21(24)25)14-11-16(22)19(26-4)18(12-14)27-6-2/h7-13,20,23H,5-6H2,1-4H3/t13-,20+/m0/s1. The van der Waals surface area contributed by atoms with Gasteiger partial charge in [0.2, 0.25) is 0 Å². The lowest BCUT2D eigenvalue weighted by Crippen LogP contribution is -2.47. The first kappa shape index (κ1) is 19.4. The van der Waals surface area contributed by atoms with E-state index in [-0.39, 0.29) is 18.1 Å². The molecule has 0 aliphatic carbocycles. The maximum Gasteiger partial charge on any atom is 0.258 e. The van der Waals surface area contributed by atoms with Gasteiger partial charge >= 0.3 is 0 Å². The van der Waals surface area contributed by atoms with Crippen molar-refractivity contribution >= 4 is 23.2 Å². The fourth-order valence-electron chi connectivity index (χ4n) is 3.37. The molecule has 5 nitrogen and oxygen atoms in total. The van der Waals surface area contributed by atoms with Gasteiger partial charge in [0, 0.05) is 17.3 Å². The molecule has 1 heterocycles. The number of fused-ring (bicyclic) bond motifs is 1. The van der Waals surface area contributed by atoms with E-state index >= 15 is 0 Å². The minimum absolute atomic E-state index is 0.00796. The van der Waals surface area contributed by atoms with E-state index in [1.165, 1.54) is 0 Å². The van der Waals surface area contributed by atoms with E-state index in [1.807, 2.05) is 48.2 Å². The highest BCUT2D eigenvalue weighted by Crippen LogP contribution is 2.41. The van der Waals surface area contributed by atoms with Crippen LogP contribution < -0.4 is 14.8 Å². The summed E-state index contributed by atoms with van der Waals surface area (Å²) < 4.78 is 11.1. The minimum atomic E-state index is -0.343. The number of methoxy groups -OCH3 is 1. The number of carbonyl (C=O) groups excluding carboxylic acids is 1. The Morgan fingerprint density at radius 2 is 2.00 bits per heavy atom. The summed E-state index contributed by atoms with van der Waals surface area (Å²) in [6, 6.07) is 11.3. The number of hydrogen-bond donors (Lipinski definition) is 1. The van der Waals surface area contributed by atoms with Crippen LogP contribution in [0.5, 0.6) is 11.5 Å². The van der Waals surface area contributed by atoms with E-state index in [0.717, 1.165) is 17.7 Å². The van der Waals surface area contributed by atoms with Crippen LogP contribution in [0.2, 0.25) is 5.02 Å². The smallest absolute Gasteiger partial charge is 0.258 e. The summed E-state index contributed by atoms with van der Waals surface area (Å²) in [7, 11) is 1.56. The number of para-hydroxylation sites is 1. The number of nitrogens with zero attached hydrogens (tertiary/aromatic N) is 1. The Morgan fingerprint density at radius 3 is 2.67 bits per heavy atom. The third-order valence-corrected chi connectivity index (χ3v) is 5.16. The second kappa shape index (κ2) is 8.09. The molecule has 2 aromatic rings. The molecule has 0 spiro atoms.